The van der Waals surface area contributed by atoms with Crippen LogP contribution in [-0.4, -0.2) is 70.6 Å². The van der Waals surface area contributed by atoms with Crippen molar-refractivity contribution in [3.63, 3.8) is 0 Å². The van der Waals surface area contributed by atoms with Crippen LogP contribution in [0.15, 0.2) is 0 Å². The molecule has 6 heterocycles. The Morgan fingerprint density at radius 2 is 1.14 bits per heavy atom. The minimum atomic E-state index is -0.428. The minimum Gasteiger partial charge on any atom is -0.465 e. The fourth-order valence-electron chi connectivity index (χ4n) is 5.90. The predicted molar refractivity (Wildman–Crippen MR) is 109 cm³/mol. The monoisotopic (exact) mass is 440 g/mol. The first-order chi connectivity index (χ1) is 13.8. The second-order valence-electron chi connectivity index (χ2n) is 10.4. The van der Waals surface area contributed by atoms with E-state index in [2.05, 4.69) is 13.8 Å². The van der Waals surface area contributed by atoms with E-state index in [9.17, 15) is 9.59 Å². The second-order valence-corrected chi connectivity index (χ2v) is 13.1. The van der Waals surface area contributed by atoms with Crippen LogP contribution in [0.25, 0.3) is 0 Å². The van der Waals surface area contributed by atoms with Crippen LogP contribution in [0.2, 0.25) is 0 Å². The van der Waals surface area contributed by atoms with E-state index in [1.165, 1.54) is 0 Å². The maximum absolute atomic E-state index is 12.7. The molecule has 6 saturated heterocycles. The van der Waals surface area contributed by atoms with Crippen LogP contribution < -0.4 is 0 Å². The third-order valence-electron chi connectivity index (χ3n) is 7.68. The van der Waals surface area contributed by atoms with Crippen LogP contribution in [0.5, 0.6) is 0 Å². The Labute approximate surface area is 179 Å². The van der Waals surface area contributed by atoms with Crippen LogP contribution in [0.4, 0.5) is 0 Å². The molecule has 0 amide bonds. The number of carbonyl (C=O) groups is 2. The maximum atomic E-state index is 12.7. The average Bonchev–Trinajstić information content (AvgIpc) is 3.53. The fraction of sp³-hybridized carbons (Fsp3) is 0.905. The van der Waals surface area contributed by atoms with Gasteiger partial charge in [-0.2, -0.15) is 0 Å². The van der Waals surface area contributed by atoms with Crippen LogP contribution in [0.3, 0.4) is 0 Å². The number of fused-ring (bicyclic) bond motifs is 10. The largest absolute Gasteiger partial charge is 0.465 e. The number of esters is 2. The van der Waals surface area contributed by atoms with Gasteiger partial charge in [0.05, 0.1) is 49.5 Å². The normalized spacial score (nSPS) is 52.8. The lowest BCUT2D eigenvalue weighted by atomic mass is 9.80. The number of ether oxygens (including phenoxy) is 4. The van der Waals surface area contributed by atoms with Gasteiger partial charge in [0.25, 0.3) is 0 Å². The van der Waals surface area contributed by atoms with Crippen molar-refractivity contribution in [2.75, 3.05) is 13.2 Å². The molecule has 0 N–H and O–H groups in total. The van der Waals surface area contributed by atoms with Gasteiger partial charge < -0.3 is 18.9 Å². The summed E-state index contributed by atoms with van der Waals surface area (Å²) in [5.74, 6) is -0.220. The Hall–Kier alpha value is -0.440. The Balaban J connectivity index is 1.01. The molecule has 0 aromatic rings. The molecule has 12 atom stereocenters. The van der Waals surface area contributed by atoms with Gasteiger partial charge in [-0.1, -0.05) is 27.7 Å². The minimum absolute atomic E-state index is 0.0156. The number of hydrogen-bond acceptors (Lipinski definition) is 8. The van der Waals surface area contributed by atoms with Crippen molar-refractivity contribution in [1.82, 2.24) is 0 Å². The molecule has 11 unspecified atom stereocenters. The highest BCUT2D eigenvalue weighted by atomic mass is 32.2. The molecule has 4 bridgehead atoms. The topological polar surface area (TPSA) is 71.1 Å². The van der Waals surface area contributed by atoms with Crippen LogP contribution in [-0.2, 0) is 28.5 Å². The summed E-state index contributed by atoms with van der Waals surface area (Å²) < 4.78 is 23.3. The van der Waals surface area contributed by atoms with Gasteiger partial charge in [-0.25, -0.2) is 0 Å². The van der Waals surface area contributed by atoms with Crippen molar-refractivity contribution in [3.05, 3.63) is 0 Å². The van der Waals surface area contributed by atoms with Crippen LogP contribution in [0, 0.1) is 29.1 Å². The highest BCUT2D eigenvalue weighted by molar-refractivity contribution is 8.08. The van der Waals surface area contributed by atoms with Gasteiger partial charge in [-0.3, -0.25) is 9.59 Å². The van der Waals surface area contributed by atoms with E-state index in [4.69, 9.17) is 18.9 Å². The lowest BCUT2D eigenvalue weighted by Crippen LogP contribution is -2.40. The molecule has 6 fully saturated rings. The summed E-state index contributed by atoms with van der Waals surface area (Å²) in [4.78, 5) is 25.5. The molecule has 0 aliphatic carbocycles. The van der Waals surface area contributed by atoms with E-state index in [1.54, 1.807) is 0 Å². The molecule has 29 heavy (non-hydrogen) atoms. The number of hydrogen-bond donors (Lipinski definition) is 0. The van der Waals surface area contributed by atoms with Gasteiger partial charge in [0.2, 0.25) is 0 Å². The van der Waals surface area contributed by atoms with E-state index in [0.717, 1.165) is 0 Å². The smallest absolute Gasteiger partial charge is 0.312 e. The van der Waals surface area contributed by atoms with Crippen LogP contribution >= 0.6 is 23.5 Å². The quantitative estimate of drug-likeness (QED) is 0.460. The molecule has 6 rings (SSSR count). The van der Waals surface area contributed by atoms with Crippen molar-refractivity contribution in [2.45, 2.75) is 73.1 Å². The Morgan fingerprint density at radius 3 is 1.52 bits per heavy atom. The van der Waals surface area contributed by atoms with E-state index in [-0.39, 0.29) is 73.2 Å². The van der Waals surface area contributed by atoms with Crippen molar-refractivity contribution in [1.29, 1.82) is 0 Å². The highest BCUT2D eigenvalue weighted by Crippen LogP contribution is 2.63. The van der Waals surface area contributed by atoms with Crippen molar-refractivity contribution in [2.24, 2.45) is 29.1 Å². The van der Waals surface area contributed by atoms with Gasteiger partial charge >= 0.3 is 11.9 Å². The van der Waals surface area contributed by atoms with Gasteiger partial charge in [-0.15, -0.1) is 23.5 Å². The third kappa shape index (κ3) is 2.84. The standard InChI is InChI=1S/C21H28O6S2/c1-7-9(13-17-15(28-17)11(7)26-13)19(22)24-5-21(3,4)6-25-20(23)10-8(2)12-16-18(29-16)14(10)27-12/h7-18H,5-6H2,1-4H3/t7?,8?,9?,10?,11?,12?,13?,14?,15?,16?,17-,18?/m0/s1. The summed E-state index contributed by atoms with van der Waals surface area (Å²) in [6.07, 6.45) is 0.442. The van der Waals surface area contributed by atoms with E-state index in [0.29, 0.717) is 21.0 Å². The number of carbonyl (C=O) groups excluding carboxylic acids is 2. The zero-order valence-electron chi connectivity index (χ0n) is 17.1. The van der Waals surface area contributed by atoms with Gasteiger partial charge in [0.1, 0.15) is 0 Å². The Morgan fingerprint density at radius 1 is 0.759 bits per heavy atom. The molecule has 0 saturated carbocycles. The molecule has 0 aromatic heterocycles. The molecule has 0 spiro atoms. The SMILES string of the molecule is CC1C2OC(C3SC23)C1C(=O)OCC(C)(C)COC(=O)C1C(C)C2OC1[C@@H]1SC21. The van der Waals surface area contributed by atoms with E-state index >= 15 is 0 Å². The Bertz CT molecular complexity index is 697. The molecular weight excluding hydrogens is 412 g/mol. The molecule has 0 aromatic carbocycles. The summed E-state index contributed by atoms with van der Waals surface area (Å²) in [5, 5.41) is 2.16. The summed E-state index contributed by atoms with van der Waals surface area (Å²) in [6, 6.07) is 0. The van der Waals surface area contributed by atoms with Crippen molar-refractivity contribution >= 4 is 35.5 Å². The first-order valence-electron chi connectivity index (χ1n) is 10.7. The molecule has 6 aliphatic heterocycles. The molecule has 8 heteroatoms. The summed E-state index contributed by atoms with van der Waals surface area (Å²) in [6.45, 7) is 8.61. The van der Waals surface area contributed by atoms with Gasteiger partial charge in [0, 0.05) is 26.4 Å². The molecule has 160 valence electrons. The first kappa shape index (κ1) is 19.3. The fourth-order valence-corrected chi connectivity index (χ4v) is 8.77. The average molecular weight is 441 g/mol. The zero-order chi connectivity index (χ0) is 20.2. The third-order valence-corrected chi connectivity index (χ3v) is 10.6. The van der Waals surface area contributed by atoms with E-state index < -0.39 is 5.41 Å². The molecule has 6 nitrogen and oxygen atoms in total. The number of thioether (sulfide) groups is 2. The van der Waals surface area contributed by atoms with E-state index in [1.807, 2.05) is 37.4 Å². The Kier molecular flexibility index (Phi) is 4.18. The van der Waals surface area contributed by atoms with Crippen molar-refractivity contribution < 1.29 is 28.5 Å². The maximum Gasteiger partial charge on any atom is 0.312 e. The number of rotatable bonds is 6. The zero-order valence-corrected chi connectivity index (χ0v) is 18.7. The lowest BCUT2D eigenvalue weighted by Gasteiger charge is -2.28. The lowest BCUT2D eigenvalue weighted by molar-refractivity contribution is -0.160. The summed E-state index contributed by atoms with van der Waals surface area (Å²) in [7, 11) is 0. The van der Waals surface area contributed by atoms with Crippen molar-refractivity contribution in [3.8, 4) is 0 Å². The summed E-state index contributed by atoms with van der Waals surface area (Å²) in [5.41, 5.74) is -0.428. The summed E-state index contributed by atoms with van der Waals surface area (Å²) >= 11 is 3.87. The molecule has 6 aliphatic rings. The molecular formula is C21H28O6S2. The predicted octanol–water partition coefficient (Wildman–Crippen LogP) is 2.13. The van der Waals surface area contributed by atoms with Gasteiger partial charge in [0.15, 0.2) is 0 Å². The van der Waals surface area contributed by atoms with Gasteiger partial charge in [-0.05, 0) is 11.8 Å². The second kappa shape index (κ2) is 6.30. The molecule has 0 radical (unpaired) electrons. The van der Waals surface area contributed by atoms with Crippen LogP contribution in [0.1, 0.15) is 27.7 Å². The first-order valence-corrected chi connectivity index (χ1v) is 12.6. The highest BCUT2D eigenvalue weighted by Gasteiger charge is 2.69.